The van der Waals surface area contributed by atoms with Crippen molar-refractivity contribution in [3.8, 4) is 0 Å². The van der Waals surface area contributed by atoms with Crippen molar-refractivity contribution in [2.75, 3.05) is 36.8 Å². The maximum absolute atomic E-state index is 12.1. The Balaban J connectivity index is 1.29. The predicted octanol–water partition coefficient (Wildman–Crippen LogP) is 2.39. The molecule has 2 aromatic heterocycles. The van der Waals surface area contributed by atoms with Gasteiger partial charge in [0.15, 0.2) is 5.65 Å². The van der Waals surface area contributed by atoms with Crippen LogP contribution in [0.25, 0.3) is 5.65 Å². The van der Waals surface area contributed by atoms with E-state index < -0.39 is 5.60 Å². The summed E-state index contributed by atoms with van der Waals surface area (Å²) in [5.41, 5.74) is 7.15. The molecular weight excluding hydrogens is 344 g/mol. The van der Waals surface area contributed by atoms with Gasteiger partial charge in [0.1, 0.15) is 5.60 Å². The van der Waals surface area contributed by atoms with Crippen LogP contribution in [0.3, 0.4) is 0 Å². The molecule has 8 nitrogen and oxygen atoms in total. The smallest absolute Gasteiger partial charge is 0.410 e. The fourth-order valence-electron chi connectivity index (χ4n) is 3.99. The fourth-order valence-corrected chi connectivity index (χ4v) is 3.99. The number of piperidine rings is 1. The van der Waals surface area contributed by atoms with Crippen LogP contribution in [-0.4, -0.2) is 57.4 Å². The highest BCUT2D eigenvalue weighted by atomic mass is 16.6. The van der Waals surface area contributed by atoms with Crippen molar-refractivity contribution in [2.24, 2.45) is 11.8 Å². The summed E-state index contributed by atoms with van der Waals surface area (Å²) in [7, 11) is 0. The lowest BCUT2D eigenvalue weighted by Crippen LogP contribution is -2.55. The number of hydrogen-bond acceptors (Lipinski definition) is 6. The number of carbonyl (C=O) groups excluding carboxylic acids is 1. The highest BCUT2D eigenvalue weighted by Crippen LogP contribution is 2.34. The van der Waals surface area contributed by atoms with E-state index in [0.29, 0.717) is 17.8 Å². The van der Waals surface area contributed by atoms with Crippen molar-refractivity contribution in [1.82, 2.24) is 19.5 Å². The van der Waals surface area contributed by atoms with Crippen LogP contribution < -0.4 is 10.6 Å². The molecule has 146 valence electrons. The van der Waals surface area contributed by atoms with E-state index in [1.165, 1.54) is 0 Å². The Morgan fingerprint density at radius 3 is 2.56 bits per heavy atom. The third kappa shape index (κ3) is 3.79. The maximum atomic E-state index is 12.1. The molecule has 8 heteroatoms. The van der Waals surface area contributed by atoms with Gasteiger partial charge < -0.3 is 20.3 Å². The summed E-state index contributed by atoms with van der Waals surface area (Å²) < 4.78 is 7.18. The van der Waals surface area contributed by atoms with E-state index >= 15 is 0 Å². The number of nitrogens with two attached hydrogens (primary N) is 1. The van der Waals surface area contributed by atoms with E-state index in [2.05, 4.69) is 21.0 Å². The van der Waals surface area contributed by atoms with Gasteiger partial charge in [-0.15, -0.1) is 5.10 Å². The Bertz CT molecular complexity index is 828. The molecule has 0 saturated carbocycles. The molecule has 27 heavy (non-hydrogen) atoms. The van der Waals surface area contributed by atoms with Crippen LogP contribution in [0, 0.1) is 11.8 Å². The number of nitrogens with zero attached hydrogens (tertiary/aromatic N) is 5. The van der Waals surface area contributed by atoms with Crippen molar-refractivity contribution in [3.63, 3.8) is 0 Å². The van der Waals surface area contributed by atoms with Crippen LogP contribution in [0.2, 0.25) is 0 Å². The lowest BCUT2D eigenvalue weighted by atomic mass is 9.80. The number of amides is 1. The molecule has 2 N–H and O–H groups in total. The Hall–Kier alpha value is -2.51. The van der Waals surface area contributed by atoms with Crippen LogP contribution >= 0.6 is 0 Å². The van der Waals surface area contributed by atoms with Gasteiger partial charge in [0.05, 0.1) is 11.9 Å². The summed E-state index contributed by atoms with van der Waals surface area (Å²) >= 11 is 0. The zero-order valence-electron chi connectivity index (χ0n) is 16.3. The van der Waals surface area contributed by atoms with Gasteiger partial charge in [0, 0.05) is 26.2 Å². The molecule has 2 aromatic rings. The minimum atomic E-state index is -0.427. The quantitative estimate of drug-likeness (QED) is 0.871. The first-order valence-corrected chi connectivity index (χ1v) is 9.63. The van der Waals surface area contributed by atoms with Crippen LogP contribution in [-0.2, 0) is 4.74 Å². The van der Waals surface area contributed by atoms with E-state index in [9.17, 15) is 4.79 Å². The van der Waals surface area contributed by atoms with Gasteiger partial charge >= 0.3 is 6.09 Å². The van der Waals surface area contributed by atoms with Gasteiger partial charge in [0.2, 0.25) is 5.95 Å². The second-order valence-corrected chi connectivity index (χ2v) is 8.63. The number of likely N-dealkylation sites (tertiary alicyclic amines) is 1. The summed E-state index contributed by atoms with van der Waals surface area (Å²) in [6.07, 6.45) is 4.10. The van der Waals surface area contributed by atoms with Crippen molar-refractivity contribution in [3.05, 3.63) is 18.3 Å². The number of anilines is 2. The second kappa shape index (κ2) is 6.58. The SMILES string of the molecule is CC(C)(C)OC(=O)N1CC(C2CCN(c3ccc4nc(N)nn4c3)CC2)C1. The molecule has 0 aliphatic carbocycles. The van der Waals surface area contributed by atoms with Gasteiger partial charge in [-0.2, -0.15) is 4.98 Å². The molecule has 4 rings (SSSR count). The van der Waals surface area contributed by atoms with Gasteiger partial charge in [-0.1, -0.05) is 0 Å². The minimum Gasteiger partial charge on any atom is -0.444 e. The van der Waals surface area contributed by atoms with Crippen LogP contribution in [0.1, 0.15) is 33.6 Å². The Labute approximate surface area is 159 Å². The first-order valence-electron chi connectivity index (χ1n) is 9.63. The monoisotopic (exact) mass is 372 g/mol. The Morgan fingerprint density at radius 1 is 1.19 bits per heavy atom. The zero-order chi connectivity index (χ0) is 19.2. The van der Waals surface area contributed by atoms with E-state index in [1.54, 1.807) is 4.52 Å². The minimum absolute atomic E-state index is 0.184. The Morgan fingerprint density at radius 2 is 1.89 bits per heavy atom. The number of pyridine rings is 1. The van der Waals surface area contributed by atoms with Gasteiger partial charge in [-0.05, 0) is 57.6 Å². The molecule has 1 amide bonds. The lowest BCUT2D eigenvalue weighted by Gasteiger charge is -2.46. The largest absolute Gasteiger partial charge is 0.444 e. The number of fused-ring (bicyclic) bond motifs is 1. The van der Waals surface area contributed by atoms with Gasteiger partial charge in [-0.3, -0.25) is 0 Å². The average molecular weight is 372 g/mol. The number of hydrogen-bond donors (Lipinski definition) is 1. The normalized spacial score (nSPS) is 19.4. The molecule has 4 heterocycles. The van der Waals surface area contributed by atoms with E-state index in [-0.39, 0.29) is 6.09 Å². The molecule has 0 atom stereocenters. The second-order valence-electron chi connectivity index (χ2n) is 8.63. The number of rotatable bonds is 2. The summed E-state index contributed by atoms with van der Waals surface area (Å²) in [5, 5.41) is 4.19. The first kappa shape index (κ1) is 17.9. The Kier molecular flexibility index (Phi) is 4.36. The number of ether oxygens (including phenoxy) is 1. The third-order valence-electron chi connectivity index (χ3n) is 5.46. The summed E-state index contributed by atoms with van der Waals surface area (Å²) in [5.74, 6) is 1.56. The molecule has 0 unspecified atom stereocenters. The topological polar surface area (TPSA) is 89.0 Å². The maximum Gasteiger partial charge on any atom is 0.410 e. The summed E-state index contributed by atoms with van der Waals surface area (Å²) in [6.45, 7) is 9.40. The predicted molar refractivity (Wildman–Crippen MR) is 104 cm³/mol. The van der Waals surface area contributed by atoms with Gasteiger partial charge in [0.25, 0.3) is 0 Å². The van der Waals surface area contributed by atoms with Crippen LogP contribution in [0.4, 0.5) is 16.4 Å². The molecule has 2 saturated heterocycles. The van der Waals surface area contributed by atoms with E-state index in [0.717, 1.165) is 50.4 Å². The molecular formula is C19H28N6O2. The van der Waals surface area contributed by atoms with E-state index in [4.69, 9.17) is 10.5 Å². The van der Waals surface area contributed by atoms with Crippen LogP contribution in [0.15, 0.2) is 18.3 Å². The van der Waals surface area contributed by atoms with Crippen LogP contribution in [0.5, 0.6) is 0 Å². The molecule has 0 spiro atoms. The first-order chi connectivity index (χ1) is 12.8. The molecule has 0 bridgehead atoms. The standard InChI is InChI=1S/C19H28N6O2/c1-19(2,3)27-18(26)24-10-14(11-24)13-6-8-23(9-7-13)15-4-5-16-21-17(20)22-25(16)12-15/h4-5,12-14H,6-11H2,1-3H3,(H2,20,22). The molecule has 0 radical (unpaired) electrons. The van der Waals surface area contributed by atoms with Crippen molar-refractivity contribution in [1.29, 1.82) is 0 Å². The lowest BCUT2D eigenvalue weighted by molar-refractivity contribution is -0.0131. The third-order valence-corrected chi connectivity index (χ3v) is 5.46. The number of nitrogen functional groups attached to an aromatic ring is 1. The van der Waals surface area contributed by atoms with Gasteiger partial charge in [-0.25, -0.2) is 9.31 Å². The fraction of sp³-hybridized carbons (Fsp3) is 0.632. The molecule has 2 aliphatic heterocycles. The summed E-state index contributed by atoms with van der Waals surface area (Å²) in [4.78, 5) is 20.5. The molecule has 2 fully saturated rings. The highest BCUT2D eigenvalue weighted by molar-refractivity contribution is 5.69. The van der Waals surface area contributed by atoms with Crippen molar-refractivity contribution in [2.45, 2.75) is 39.2 Å². The highest BCUT2D eigenvalue weighted by Gasteiger charge is 2.39. The van der Waals surface area contributed by atoms with E-state index in [1.807, 2.05) is 37.9 Å². The molecule has 0 aromatic carbocycles. The van der Waals surface area contributed by atoms with Crippen molar-refractivity contribution >= 4 is 23.4 Å². The van der Waals surface area contributed by atoms with Crippen molar-refractivity contribution < 1.29 is 9.53 Å². The average Bonchev–Trinajstić information content (AvgIpc) is 2.91. The zero-order valence-corrected chi connectivity index (χ0v) is 16.3. The molecule has 2 aliphatic rings. The number of carbonyl (C=O) groups is 1. The summed E-state index contributed by atoms with van der Waals surface area (Å²) in [6, 6.07) is 4.03. The number of aromatic nitrogens is 3.